The lowest BCUT2D eigenvalue weighted by Gasteiger charge is -2.31. The van der Waals surface area contributed by atoms with E-state index in [0.717, 1.165) is 4.47 Å². The zero-order valence-electron chi connectivity index (χ0n) is 12.5. The molecule has 0 atom stereocenters. The molecule has 0 saturated carbocycles. The number of hydrogen-bond donors (Lipinski definition) is 0. The summed E-state index contributed by atoms with van der Waals surface area (Å²) in [6, 6.07) is 4.58. The van der Waals surface area contributed by atoms with Gasteiger partial charge in [0.2, 0.25) is 5.91 Å². The van der Waals surface area contributed by atoms with Gasteiger partial charge >= 0.3 is 5.97 Å². The van der Waals surface area contributed by atoms with Crippen LogP contribution in [0, 0.1) is 11.7 Å². The summed E-state index contributed by atoms with van der Waals surface area (Å²) in [5.74, 6) is -0.809. The molecule has 0 radical (unpaired) electrons. The van der Waals surface area contributed by atoms with E-state index in [4.69, 9.17) is 4.74 Å². The molecular formula is C16H19BrFNO3. The van der Waals surface area contributed by atoms with E-state index in [2.05, 4.69) is 15.9 Å². The molecule has 1 heterocycles. The van der Waals surface area contributed by atoms with Crippen molar-refractivity contribution in [1.82, 2.24) is 4.90 Å². The molecule has 120 valence electrons. The third kappa shape index (κ3) is 4.29. The molecule has 0 N–H and O–H groups in total. The number of benzene rings is 1. The van der Waals surface area contributed by atoms with Crippen molar-refractivity contribution in [3.8, 4) is 0 Å². The van der Waals surface area contributed by atoms with Crippen LogP contribution in [0.15, 0.2) is 22.7 Å². The fourth-order valence-corrected chi connectivity index (χ4v) is 2.99. The van der Waals surface area contributed by atoms with Crippen molar-refractivity contribution >= 4 is 27.8 Å². The highest BCUT2D eigenvalue weighted by Gasteiger charge is 2.28. The van der Waals surface area contributed by atoms with Gasteiger partial charge in [0.25, 0.3) is 0 Å². The number of hydrogen-bond acceptors (Lipinski definition) is 3. The topological polar surface area (TPSA) is 46.6 Å². The number of likely N-dealkylation sites (tertiary alicyclic amines) is 1. The van der Waals surface area contributed by atoms with Gasteiger partial charge in [-0.25, -0.2) is 4.39 Å². The molecule has 6 heteroatoms. The minimum Gasteiger partial charge on any atom is -0.466 e. The van der Waals surface area contributed by atoms with Crippen LogP contribution in [0.25, 0.3) is 0 Å². The predicted octanol–water partition coefficient (Wildman–Crippen LogP) is 2.93. The predicted molar refractivity (Wildman–Crippen MR) is 83.7 cm³/mol. The van der Waals surface area contributed by atoms with Crippen molar-refractivity contribution in [3.05, 3.63) is 34.1 Å². The van der Waals surface area contributed by atoms with Crippen molar-refractivity contribution in [2.75, 3.05) is 19.7 Å². The van der Waals surface area contributed by atoms with Crippen LogP contribution in [-0.4, -0.2) is 36.5 Å². The number of carbonyl (C=O) groups excluding carboxylic acids is 2. The van der Waals surface area contributed by atoms with E-state index in [9.17, 15) is 14.0 Å². The maximum atomic E-state index is 13.7. The molecule has 4 nitrogen and oxygen atoms in total. The Hall–Kier alpha value is -1.43. The summed E-state index contributed by atoms with van der Waals surface area (Å²) < 4.78 is 19.4. The number of carbonyl (C=O) groups is 2. The number of rotatable bonds is 4. The van der Waals surface area contributed by atoms with E-state index < -0.39 is 0 Å². The lowest BCUT2D eigenvalue weighted by atomic mass is 9.96. The highest BCUT2D eigenvalue weighted by atomic mass is 79.9. The third-order valence-electron chi connectivity index (χ3n) is 3.82. The first-order valence-corrected chi connectivity index (χ1v) is 8.19. The average molecular weight is 372 g/mol. The van der Waals surface area contributed by atoms with Crippen molar-refractivity contribution in [1.29, 1.82) is 0 Å². The van der Waals surface area contributed by atoms with Crippen LogP contribution in [0.1, 0.15) is 25.3 Å². The molecule has 0 spiro atoms. The molecule has 1 aromatic rings. The van der Waals surface area contributed by atoms with Crippen LogP contribution in [0.4, 0.5) is 4.39 Å². The molecule has 22 heavy (non-hydrogen) atoms. The van der Waals surface area contributed by atoms with Crippen LogP contribution < -0.4 is 0 Å². The van der Waals surface area contributed by atoms with E-state index >= 15 is 0 Å². The number of nitrogens with zero attached hydrogens (tertiary/aromatic N) is 1. The highest BCUT2D eigenvalue weighted by molar-refractivity contribution is 9.10. The first-order valence-electron chi connectivity index (χ1n) is 7.39. The summed E-state index contributed by atoms with van der Waals surface area (Å²) in [4.78, 5) is 25.6. The zero-order chi connectivity index (χ0) is 16.1. The number of ether oxygens (including phenoxy) is 1. The second-order valence-electron chi connectivity index (χ2n) is 5.32. The monoisotopic (exact) mass is 371 g/mol. The standard InChI is InChI=1S/C16H19BrFNO3/c1-2-22-16(21)11-5-7-19(8-6-11)15(20)10-12-9-13(17)3-4-14(12)18/h3-4,9,11H,2,5-8,10H2,1H3. The molecule has 1 fully saturated rings. The Morgan fingerprint density at radius 2 is 2.05 bits per heavy atom. The molecular weight excluding hydrogens is 353 g/mol. The summed E-state index contributed by atoms with van der Waals surface area (Å²) in [5, 5.41) is 0. The summed E-state index contributed by atoms with van der Waals surface area (Å²) >= 11 is 3.28. The molecule has 1 aliphatic rings. The minimum absolute atomic E-state index is 0.0371. The van der Waals surface area contributed by atoms with E-state index in [0.29, 0.717) is 38.1 Å². The van der Waals surface area contributed by atoms with Crippen LogP contribution >= 0.6 is 15.9 Å². The van der Waals surface area contributed by atoms with Gasteiger partial charge < -0.3 is 9.64 Å². The van der Waals surface area contributed by atoms with Crippen molar-refractivity contribution < 1.29 is 18.7 Å². The molecule has 1 saturated heterocycles. The van der Waals surface area contributed by atoms with Gasteiger partial charge in [-0.15, -0.1) is 0 Å². The molecule has 1 amide bonds. The van der Waals surface area contributed by atoms with Gasteiger partial charge in [-0.2, -0.15) is 0 Å². The van der Waals surface area contributed by atoms with Gasteiger partial charge in [0.1, 0.15) is 5.82 Å². The second kappa shape index (κ2) is 7.72. The number of esters is 1. The Kier molecular flexibility index (Phi) is 5.94. The Balaban J connectivity index is 1.90. The molecule has 0 aliphatic carbocycles. The van der Waals surface area contributed by atoms with Crippen LogP contribution in [0.3, 0.4) is 0 Å². The van der Waals surface area contributed by atoms with E-state index in [1.54, 1.807) is 24.0 Å². The minimum atomic E-state index is -0.377. The number of halogens is 2. The summed E-state index contributed by atoms with van der Waals surface area (Å²) in [5.41, 5.74) is 0.381. The van der Waals surface area contributed by atoms with E-state index in [-0.39, 0.29) is 30.0 Å². The van der Waals surface area contributed by atoms with Gasteiger partial charge in [0, 0.05) is 17.6 Å². The molecule has 0 bridgehead atoms. The quantitative estimate of drug-likeness (QED) is 0.764. The normalized spacial score (nSPS) is 15.7. The van der Waals surface area contributed by atoms with Gasteiger partial charge in [-0.05, 0) is 43.5 Å². The molecule has 0 unspecified atom stereocenters. The first kappa shape index (κ1) is 16.9. The third-order valence-corrected chi connectivity index (χ3v) is 4.31. The molecule has 0 aromatic heterocycles. The van der Waals surface area contributed by atoms with Gasteiger partial charge in [-0.3, -0.25) is 9.59 Å². The second-order valence-corrected chi connectivity index (χ2v) is 6.24. The van der Waals surface area contributed by atoms with Crippen LogP contribution in [0.5, 0.6) is 0 Å². The van der Waals surface area contributed by atoms with E-state index in [1.807, 2.05) is 0 Å². The van der Waals surface area contributed by atoms with Crippen molar-refractivity contribution in [3.63, 3.8) is 0 Å². The highest BCUT2D eigenvalue weighted by Crippen LogP contribution is 2.21. The van der Waals surface area contributed by atoms with Crippen molar-refractivity contribution in [2.45, 2.75) is 26.2 Å². The fourth-order valence-electron chi connectivity index (χ4n) is 2.58. The van der Waals surface area contributed by atoms with Crippen molar-refractivity contribution in [2.24, 2.45) is 5.92 Å². The fraction of sp³-hybridized carbons (Fsp3) is 0.500. The maximum Gasteiger partial charge on any atom is 0.309 e. The lowest BCUT2D eigenvalue weighted by molar-refractivity contribution is -0.151. The lowest BCUT2D eigenvalue weighted by Crippen LogP contribution is -2.41. The Morgan fingerprint density at radius 3 is 2.68 bits per heavy atom. The first-order chi connectivity index (χ1) is 10.5. The summed E-state index contributed by atoms with van der Waals surface area (Å²) in [7, 11) is 0. The van der Waals surface area contributed by atoms with Gasteiger partial charge in [0.15, 0.2) is 0 Å². The average Bonchev–Trinajstić information content (AvgIpc) is 2.51. The smallest absolute Gasteiger partial charge is 0.309 e. The van der Waals surface area contributed by atoms with E-state index in [1.165, 1.54) is 6.07 Å². The SMILES string of the molecule is CCOC(=O)C1CCN(C(=O)Cc2cc(Br)ccc2F)CC1. The molecule has 2 rings (SSSR count). The maximum absolute atomic E-state index is 13.7. The van der Waals surface area contributed by atoms with Gasteiger partial charge in [0.05, 0.1) is 18.9 Å². The Morgan fingerprint density at radius 1 is 1.36 bits per heavy atom. The molecule has 1 aliphatic heterocycles. The molecule has 1 aromatic carbocycles. The number of piperidine rings is 1. The Bertz CT molecular complexity index is 556. The Labute approximate surface area is 137 Å². The van der Waals surface area contributed by atoms with Crippen LogP contribution in [-0.2, 0) is 20.7 Å². The number of amides is 1. The summed E-state index contributed by atoms with van der Waals surface area (Å²) in [6.07, 6.45) is 1.24. The summed E-state index contributed by atoms with van der Waals surface area (Å²) in [6.45, 7) is 3.18. The van der Waals surface area contributed by atoms with Crippen LogP contribution in [0.2, 0.25) is 0 Å². The van der Waals surface area contributed by atoms with Gasteiger partial charge in [-0.1, -0.05) is 15.9 Å². The zero-order valence-corrected chi connectivity index (χ0v) is 14.1. The largest absolute Gasteiger partial charge is 0.466 e.